The van der Waals surface area contributed by atoms with Crippen molar-refractivity contribution in [3.05, 3.63) is 88.3 Å². The van der Waals surface area contributed by atoms with Gasteiger partial charge in [-0.25, -0.2) is 0 Å². The Labute approximate surface area is 181 Å². The molecule has 0 bridgehead atoms. The molecule has 1 aromatic heterocycles. The monoisotopic (exact) mass is 424 g/mol. The Morgan fingerprint density at radius 2 is 1.83 bits per heavy atom. The lowest BCUT2D eigenvalue weighted by atomic mass is 10.2. The van der Waals surface area contributed by atoms with Crippen molar-refractivity contribution >= 4 is 17.5 Å². The molecule has 6 heteroatoms. The minimum Gasteiger partial charge on any atom is -0.485 e. The molecule has 0 aliphatic carbocycles. The predicted octanol–water partition coefficient (Wildman–Crippen LogP) is 4.78. The first kappa shape index (κ1) is 20.5. The fourth-order valence-electron chi connectivity index (χ4n) is 3.60. The summed E-state index contributed by atoms with van der Waals surface area (Å²) >= 11 is 6.07. The molecule has 4 rings (SSSR count). The number of nitrogens with zero attached hydrogens (tertiary/aromatic N) is 2. The van der Waals surface area contributed by atoms with Crippen molar-refractivity contribution in [3.8, 4) is 5.75 Å². The van der Waals surface area contributed by atoms with E-state index in [1.54, 1.807) is 12.1 Å². The van der Waals surface area contributed by atoms with Crippen molar-refractivity contribution in [1.29, 1.82) is 0 Å². The van der Waals surface area contributed by atoms with Crippen molar-refractivity contribution in [2.75, 3.05) is 26.2 Å². The first-order valence-corrected chi connectivity index (χ1v) is 10.5. The lowest BCUT2D eigenvalue weighted by Gasteiger charge is -2.34. The summed E-state index contributed by atoms with van der Waals surface area (Å²) in [7, 11) is 0. The third-order valence-corrected chi connectivity index (χ3v) is 5.53. The molecule has 0 radical (unpaired) electrons. The minimum absolute atomic E-state index is 0.0699. The van der Waals surface area contributed by atoms with Crippen LogP contribution >= 0.6 is 11.6 Å². The van der Waals surface area contributed by atoms with Crippen LogP contribution in [-0.2, 0) is 13.2 Å². The van der Waals surface area contributed by atoms with Gasteiger partial charge in [0.25, 0.3) is 5.91 Å². The van der Waals surface area contributed by atoms with E-state index in [4.69, 9.17) is 20.8 Å². The Hall–Kier alpha value is -2.76. The predicted molar refractivity (Wildman–Crippen MR) is 117 cm³/mol. The number of furan rings is 1. The number of rotatable bonds is 6. The molecule has 156 valence electrons. The number of carbonyl (C=O) groups is 1. The van der Waals surface area contributed by atoms with E-state index in [1.165, 1.54) is 5.56 Å². The van der Waals surface area contributed by atoms with E-state index in [-0.39, 0.29) is 5.91 Å². The summed E-state index contributed by atoms with van der Waals surface area (Å²) in [4.78, 5) is 17.0. The molecule has 0 atom stereocenters. The highest BCUT2D eigenvalue weighted by Crippen LogP contribution is 2.20. The van der Waals surface area contributed by atoms with Gasteiger partial charge in [-0.2, -0.15) is 0 Å². The van der Waals surface area contributed by atoms with Gasteiger partial charge in [-0.1, -0.05) is 41.9 Å². The largest absolute Gasteiger partial charge is 0.485 e. The molecule has 1 amide bonds. The molecule has 1 fully saturated rings. The van der Waals surface area contributed by atoms with Crippen LogP contribution in [0.3, 0.4) is 0 Å². The van der Waals surface area contributed by atoms with Crippen molar-refractivity contribution in [2.24, 2.45) is 0 Å². The quantitative estimate of drug-likeness (QED) is 0.571. The maximum atomic E-state index is 12.8. The van der Waals surface area contributed by atoms with Gasteiger partial charge in [0.2, 0.25) is 0 Å². The highest BCUT2D eigenvalue weighted by atomic mass is 35.5. The number of benzene rings is 2. The molecule has 0 unspecified atom stereocenters. The molecule has 1 saturated heterocycles. The Morgan fingerprint density at radius 3 is 2.60 bits per heavy atom. The van der Waals surface area contributed by atoms with Crippen LogP contribution in [0.4, 0.5) is 0 Å². The third kappa shape index (κ3) is 5.04. The van der Waals surface area contributed by atoms with Gasteiger partial charge in [-0.3, -0.25) is 9.69 Å². The SMILES string of the molecule is Cc1ccccc1OCc1ccc(C(=O)N2CCN(Cc3cccc(Cl)c3)CC2)o1. The molecular weight excluding hydrogens is 400 g/mol. The fourth-order valence-corrected chi connectivity index (χ4v) is 3.81. The van der Waals surface area contributed by atoms with E-state index >= 15 is 0 Å². The van der Waals surface area contributed by atoms with Crippen LogP contribution in [0.15, 0.2) is 65.1 Å². The Kier molecular flexibility index (Phi) is 6.41. The summed E-state index contributed by atoms with van der Waals surface area (Å²) in [6.07, 6.45) is 0. The number of aryl methyl sites for hydroxylation is 1. The number of piperazine rings is 1. The lowest BCUT2D eigenvalue weighted by molar-refractivity contribution is 0.0594. The van der Waals surface area contributed by atoms with Gasteiger partial charge in [0, 0.05) is 37.7 Å². The summed E-state index contributed by atoms with van der Waals surface area (Å²) < 4.78 is 11.6. The zero-order chi connectivity index (χ0) is 20.9. The molecule has 1 aliphatic heterocycles. The van der Waals surface area contributed by atoms with E-state index in [0.29, 0.717) is 31.2 Å². The molecule has 0 N–H and O–H groups in total. The Bertz CT molecular complexity index is 1010. The zero-order valence-electron chi connectivity index (χ0n) is 17.0. The van der Waals surface area contributed by atoms with Crippen LogP contribution in [0.25, 0.3) is 0 Å². The van der Waals surface area contributed by atoms with Crippen LogP contribution in [0, 0.1) is 6.92 Å². The smallest absolute Gasteiger partial charge is 0.289 e. The van der Waals surface area contributed by atoms with E-state index in [0.717, 1.165) is 36.0 Å². The molecule has 2 aromatic carbocycles. The number of hydrogen-bond donors (Lipinski definition) is 0. The summed E-state index contributed by atoms with van der Waals surface area (Å²) in [6, 6.07) is 19.3. The minimum atomic E-state index is -0.0699. The molecule has 5 nitrogen and oxygen atoms in total. The molecular formula is C24H25ClN2O3. The molecule has 2 heterocycles. The van der Waals surface area contributed by atoms with Gasteiger partial charge in [-0.15, -0.1) is 0 Å². The number of hydrogen-bond acceptors (Lipinski definition) is 4. The Balaban J connectivity index is 1.29. The van der Waals surface area contributed by atoms with Crippen molar-refractivity contribution < 1.29 is 13.9 Å². The number of para-hydroxylation sites is 1. The van der Waals surface area contributed by atoms with E-state index < -0.39 is 0 Å². The standard InChI is InChI=1S/C24H25ClN2O3/c1-18-5-2-3-8-22(18)29-17-21-9-10-23(30-21)24(28)27-13-11-26(12-14-27)16-19-6-4-7-20(25)15-19/h2-10,15H,11-14,16-17H2,1H3. The number of amides is 1. The molecule has 30 heavy (non-hydrogen) atoms. The second-order valence-corrected chi connectivity index (χ2v) is 7.95. The molecule has 0 saturated carbocycles. The zero-order valence-corrected chi connectivity index (χ0v) is 17.8. The van der Waals surface area contributed by atoms with Gasteiger partial charge in [0.05, 0.1) is 0 Å². The maximum Gasteiger partial charge on any atom is 0.289 e. The molecule has 3 aromatic rings. The number of carbonyl (C=O) groups excluding carboxylic acids is 1. The number of ether oxygens (including phenoxy) is 1. The van der Waals surface area contributed by atoms with Crippen molar-refractivity contribution in [2.45, 2.75) is 20.1 Å². The highest BCUT2D eigenvalue weighted by Gasteiger charge is 2.24. The first-order valence-electron chi connectivity index (χ1n) is 10.1. The topological polar surface area (TPSA) is 45.9 Å². The van der Waals surface area contributed by atoms with Gasteiger partial charge in [0.15, 0.2) is 5.76 Å². The van der Waals surface area contributed by atoms with Crippen molar-refractivity contribution in [3.63, 3.8) is 0 Å². The van der Waals surface area contributed by atoms with Crippen LogP contribution < -0.4 is 4.74 Å². The third-order valence-electron chi connectivity index (χ3n) is 5.29. The van der Waals surface area contributed by atoms with E-state index in [2.05, 4.69) is 11.0 Å². The van der Waals surface area contributed by atoms with Crippen molar-refractivity contribution in [1.82, 2.24) is 9.80 Å². The van der Waals surface area contributed by atoms with Gasteiger partial charge < -0.3 is 14.1 Å². The van der Waals surface area contributed by atoms with Crippen LogP contribution in [-0.4, -0.2) is 41.9 Å². The second kappa shape index (κ2) is 9.37. The average Bonchev–Trinajstić information content (AvgIpc) is 3.22. The average molecular weight is 425 g/mol. The summed E-state index contributed by atoms with van der Waals surface area (Å²) in [5.41, 5.74) is 2.25. The highest BCUT2D eigenvalue weighted by molar-refractivity contribution is 6.30. The van der Waals surface area contributed by atoms with Gasteiger partial charge in [-0.05, 0) is 48.4 Å². The summed E-state index contributed by atoms with van der Waals surface area (Å²) in [5, 5.41) is 0.751. The summed E-state index contributed by atoms with van der Waals surface area (Å²) in [5.74, 6) is 1.75. The normalized spacial score (nSPS) is 14.7. The molecule has 0 spiro atoms. The van der Waals surface area contributed by atoms with Gasteiger partial charge >= 0.3 is 0 Å². The second-order valence-electron chi connectivity index (χ2n) is 7.52. The van der Waals surface area contributed by atoms with Crippen LogP contribution in [0.1, 0.15) is 27.4 Å². The summed E-state index contributed by atoms with van der Waals surface area (Å²) in [6.45, 7) is 6.13. The van der Waals surface area contributed by atoms with E-state index in [1.807, 2.05) is 54.3 Å². The van der Waals surface area contributed by atoms with Crippen LogP contribution in [0.5, 0.6) is 5.75 Å². The Morgan fingerprint density at radius 1 is 1.03 bits per heavy atom. The van der Waals surface area contributed by atoms with Gasteiger partial charge in [0.1, 0.15) is 18.1 Å². The first-order chi connectivity index (χ1) is 14.6. The molecule has 1 aliphatic rings. The van der Waals surface area contributed by atoms with Crippen LogP contribution in [0.2, 0.25) is 5.02 Å². The maximum absolute atomic E-state index is 12.8. The fraction of sp³-hybridized carbons (Fsp3) is 0.292. The van der Waals surface area contributed by atoms with E-state index in [9.17, 15) is 4.79 Å². The lowest BCUT2D eigenvalue weighted by Crippen LogP contribution is -2.48. The number of halogens is 1.